The molecule has 2 rings (SSSR count). The first-order chi connectivity index (χ1) is 6.22. The Kier molecular flexibility index (Phi) is 1.67. The van der Waals surface area contributed by atoms with Crippen LogP contribution in [0.1, 0.15) is 11.1 Å². The van der Waals surface area contributed by atoms with Crippen LogP contribution in [0.15, 0.2) is 12.1 Å². The van der Waals surface area contributed by atoms with Gasteiger partial charge in [0.15, 0.2) is 5.13 Å². The van der Waals surface area contributed by atoms with Crippen molar-refractivity contribution in [2.45, 2.75) is 6.92 Å². The predicted molar refractivity (Wildman–Crippen MR) is 53.5 cm³/mol. The van der Waals surface area contributed by atoms with Crippen LogP contribution in [0.5, 0.6) is 0 Å². The molecular weight excluding hydrogens is 182 g/mol. The number of hydrogen-bond donors (Lipinski definition) is 1. The van der Waals surface area contributed by atoms with Crippen molar-refractivity contribution >= 4 is 26.7 Å². The molecule has 0 unspecified atom stereocenters. The highest BCUT2D eigenvalue weighted by Crippen LogP contribution is 2.28. The average molecular weight is 189 g/mol. The van der Waals surface area contributed by atoms with Crippen molar-refractivity contribution in [2.75, 3.05) is 5.73 Å². The number of nitrogen functional groups attached to an aromatic ring is 1. The fraction of sp³-hybridized carbons (Fsp3) is 0.111. The smallest absolute Gasteiger partial charge is 0.181 e. The number of anilines is 1. The summed E-state index contributed by atoms with van der Waals surface area (Å²) in [5.74, 6) is 0. The van der Waals surface area contributed by atoms with E-state index in [-0.39, 0.29) is 0 Å². The van der Waals surface area contributed by atoms with Crippen LogP contribution in [0.2, 0.25) is 0 Å². The molecule has 0 aliphatic rings. The maximum atomic E-state index is 8.91. The minimum atomic E-state index is 0.511. The van der Waals surface area contributed by atoms with Gasteiger partial charge in [0.05, 0.1) is 15.8 Å². The topological polar surface area (TPSA) is 62.7 Å². The van der Waals surface area contributed by atoms with Crippen LogP contribution < -0.4 is 5.73 Å². The molecule has 0 spiro atoms. The third kappa shape index (κ3) is 1.14. The first kappa shape index (κ1) is 8.02. The molecule has 3 nitrogen and oxygen atoms in total. The highest BCUT2D eigenvalue weighted by Gasteiger charge is 2.07. The van der Waals surface area contributed by atoms with E-state index in [0.29, 0.717) is 10.7 Å². The number of thiazole rings is 1. The molecule has 0 saturated carbocycles. The number of benzene rings is 1. The van der Waals surface area contributed by atoms with Gasteiger partial charge in [0.25, 0.3) is 0 Å². The fourth-order valence-electron chi connectivity index (χ4n) is 1.25. The number of rotatable bonds is 0. The number of fused-ring (bicyclic) bond motifs is 1. The zero-order valence-corrected chi connectivity index (χ0v) is 7.85. The molecule has 0 bridgehead atoms. The number of aryl methyl sites for hydroxylation is 1. The first-order valence-corrected chi connectivity index (χ1v) is 4.59. The van der Waals surface area contributed by atoms with E-state index in [2.05, 4.69) is 11.1 Å². The minimum Gasteiger partial charge on any atom is -0.375 e. The summed E-state index contributed by atoms with van der Waals surface area (Å²) in [6.45, 7) is 1.91. The van der Waals surface area contributed by atoms with Crippen molar-refractivity contribution in [1.29, 1.82) is 5.26 Å². The minimum absolute atomic E-state index is 0.511. The first-order valence-electron chi connectivity index (χ1n) is 3.78. The largest absolute Gasteiger partial charge is 0.375 e. The Morgan fingerprint density at radius 2 is 2.31 bits per heavy atom. The monoisotopic (exact) mass is 189 g/mol. The molecule has 0 aliphatic heterocycles. The van der Waals surface area contributed by atoms with Gasteiger partial charge < -0.3 is 5.73 Å². The van der Waals surface area contributed by atoms with Crippen LogP contribution in [-0.4, -0.2) is 4.98 Å². The van der Waals surface area contributed by atoms with Gasteiger partial charge >= 0.3 is 0 Å². The molecule has 0 aliphatic carbocycles. The number of aromatic nitrogens is 1. The maximum absolute atomic E-state index is 8.91. The molecule has 0 fully saturated rings. The Bertz CT molecular complexity index is 507. The highest BCUT2D eigenvalue weighted by atomic mass is 32.1. The van der Waals surface area contributed by atoms with Crippen LogP contribution in [-0.2, 0) is 0 Å². The number of hydrogen-bond acceptors (Lipinski definition) is 4. The Morgan fingerprint density at radius 1 is 1.54 bits per heavy atom. The summed E-state index contributed by atoms with van der Waals surface area (Å²) in [5.41, 5.74) is 8.03. The molecule has 0 atom stereocenters. The molecule has 4 heteroatoms. The van der Waals surface area contributed by atoms with Crippen LogP contribution in [0.25, 0.3) is 10.2 Å². The molecule has 13 heavy (non-hydrogen) atoms. The second-order valence-electron chi connectivity index (χ2n) is 2.77. The molecule has 0 amide bonds. The number of nitriles is 1. The van der Waals surface area contributed by atoms with Crippen LogP contribution >= 0.6 is 11.3 Å². The quantitative estimate of drug-likeness (QED) is 0.690. The van der Waals surface area contributed by atoms with Crippen molar-refractivity contribution in [3.63, 3.8) is 0 Å². The van der Waals surface area contributed by atoms with Gasteiger partial charge in [0, 0.05) is 0 Å². The van der Waals surface area contributed by atoms with Crippen LogP contribution in [0, 0.1) is 18.3 Å². The molecule has 2 N–H and O–H groups in total. The van der Waals surface area contributed by atoms with Crippen LogP contribution in [0.4, 0.5) is 5.13 Å². The Hall–Kier alpha value is -1.60. The van der Waals surface area contributed by atoms with Gasteiger partial charge in [-0.25, -0.2) is 4.98 Å². The SMILES string of the molecule is Cc1ccc2nc(N)sc2c1C#N. The van der Waals surface area contributed by atoms with E-state index in [0.717, 1.165) is 15.8 Å². The van der Waals surface area contributed by atoms with Gasteiger partial charge in [-0.3, -0.25) is 0 Å². The zero-order valence-electron chi connectivity index (χ0n) is 7.03. The second kappa shape index (κ2) is 2.71. The summed E-state index contributed by atoms with van der Waals surface area (Å²) in [6, 6.07) is 5.94. The van der Waals surface area contributed by atoms with Gasteiger partial charge in [-0.2, -0.15) is 5.26 Å². The molecule has 64 valence electrons. The maximum Gasteiger partial charge on any atom is 0.181 e. The Morgan fingerprint density at radius 3 is 3.00 bits per heavy atom. The van der Waals surface area contributed by atoms with Crippen molar-refractivity contribution in [3.05, 3.63) is 23.3 Å². The van der Waals surface area contributed by atoms with E-state index in [9.17, 15) is 0 Å². The van der Waals surface area contributed by atoms with E-state index < -0.39 is 0 Å². The number of nitrogens with zero attached hydrogens (tertiary/aromatic N) is 2. The third-order valence-electron chi connectivity index (χ3n) is 1.89. The lowest BCUT2D eigenvalue weighted by Crippen LogP contribution is -1.81. The van der Waals surface area contributed by atoms with Crippen molar-refractivity contribution in [2.24, 2.45) is 0 Å². The molecule has 1 heterocycles. The third-order valence-corrected chi connectivity index (χ3v) is 2.81. The Labute approximate surface area is 79.4 Å². The fourth-order valence-corrected chi connectivity index (χ4v) is 2.13. The molecular formula is C9H7N3S. The summed E-state index contributed by atoms with van der Waals surface area (Å²) < 4.78 is 0.889. The van der Waals surface area contributed by atoms with E-state index >= 15 is 0 Å². The predicted octanol–water partition coefficient (Wildman–Crippen LogP) is 2.06. The highest BCUT2D eigenvalue weighted by molar-refractivity contribution is 7.22. The summed E-state index contributed by atoms with van der Waals surface area (Å²) in [5, 5.41) is 9.42. The zero-order chi connectivity index (χ0) is 9.42. The van der Waals surface area contributed by atoms with Crippen molar-refractivity contribution in [3.8, 4) is 6.07 Å². The van der Waals surface area contributed by atoms with Crippen molar-refractivity contribution in [1.82, 2.24) is 4.98 Å². The normalized spacial score (nSPS) is 10.2. The molecule has 2 aromatic rings. The van der Waals surface area contributed by atoms with E-state index in [1.165, 1.54) is 11.3 Å². The van der Waals surface area contributed by atoms with Crippen LogP contribution in [0.3, 0.4) is 0 Å². The molecule has 0 radical (unpaired) electrons. The van der Waals surface area contributed by atoms with Gasteiger partial charge in [0.1, 0.15) is 6.07 Å². The lowest BCUT2D eigenvalue weighted by atomic mass is 10.1. The van der Waals surface area contributed by atoms with E-state index in [4.69, 9.17) is 11.0 Å². The van der Waals surface area contributed by atoms with Crippen molar-refractivity contribution < 1.29 is 0 Å². The Balaban J connectivity index is 2.93. The summed E-state index contributed by atoms with van der Waals surface area (Å²) in [4.78, 5) is 4.11. The van der Waals surface area contributed by atoms with Gasteiger partial charge in [-0.05, 0) is 18.6 Å². The average Bonchev–Trinajstić information content (AvgIpc) is 2.45. The standard InChI is InChI=1S/C9H7N3S/c1-5-2-3-7-8(6(5)4-10)13-9(11)12-7/h2-3H,1H3,(H2,11,12). The number of nitrogens with two attached hydrogens (primary N) is 1. The molecule has 0 saturated heterocycles. The summed E-state index contributed by atoms with van der Waals surface area (Å²) in [6.07, 6.45) is 0. The van der Waals surface area contributed by atoms with Gasteiger partial charge in [-0.15, -0.1) is 0 Å². The molecule has 1 aromatic carbocycles. The van der Waals surface area contributed by atoms with Gasteiger partial charge in [0.2, 0.25) is 0 Å². The second-order valence-corrected chi connectivity index (χ2v) is 3.80. The molecule has 1 aromatic heterocycles. The van der Waals surface area contributed by atoms with E-state index in [1.807, 2.05) is 19.1 Å². The lowest BCUT2D eigenvalue weighted by Gasteiger charge is -1.95. The summed E-state index contributed by atoms with van der Waals surface area (Å²) >= 11 is 1.36. The summed E-state index contributed by atoms with van der Waals surface area (Å²) in [7, 11) is 0. The lowest BCUT2D eigenvalue weighted by molar-refractivity contribution is 1.41. The van der Waals surface area contributed by atoms with Gasteiger partial charge in [-0.1, -0.05) is 17.4 Å². The van der Waals surface area contributed by atoms with E-state index in [1.54, 1.807) is 0 Å².